The molecule has 0 radical (unpaired) electrons. The molecule has 72 heavy (non-hydrogen) atoms. The third-order valence-corrected chi connectivity index (χ3v) is 14.8. The Labute approximate surface area is 448 Å². The SMILES string of the molecule is C.CC(C)(C)C(=O)N1CCOCC1.CC(C)(C)N1CCOCC1.CC(C)N1CCN(C(C)(C)C)CC1.CCN1CCN(C(C)(C)C)CC1.CN1CCN(C(C)(C)C)CC1.CN1CCN(C)C(C(C)(C)C)C1=O. The molecule has 0 N–H and O–H groups in total. The Morgan fingerprint density at radius 3 is 1.15 bits per heavy atom. The van der Waals surface area contributed by atoms with Gasteiger partial charge in [-0.25, -0.2) is 0 Å². The predicted octanol–water partition coefficient (Wildman–Crippen LogP) is 7.72. The molecular weight excluding hydrogens is 901 g/mol. The summed E-state index contributed by atoms with van der Waals surface area (Å²) in [5, 5.41) is 0. The molecule has 1 atom stereocenters. The Bertz CT molecular complexity index is 1440. The lowest BCUT2D eigenvalue weighted by Crippen LogP contribution is -2.59. The molecule has 6 aliphatic heterocycles. The van der Waals surface area contributed by atoms with Crippen molar-refractivity contribution in [3.63, 3.8) is 0 Å². The van der Waals surface area contributed by atoms with Crippen LogP contribution in [-0.4, -0.2) is 267 Å². The molecule has 6 rings (SSSR count). The summed E-state index contributed by atoms with van der Waals surface area (Å²) in [6.45, 7) is 71.0. The van der Waals surface area contributed by atoms with Gasteiger partial charge in [0.05, 0.1) is 32.5 Å². The highest BCUT2D eigenvalue weighted by Gasteiger charge is 2.39. The summed E-state index contributed by atoms with van der Waals surface area (Å²) in [4.78, 5) is 47.0. The lowest BCUT2D eigenvalue weighted by Gasteiger charge is -2.43. The fourth-order valence-electron chi connectivity index (χ4n) is 9.57. The van der Waals surface area contributed by atoms with Gasteiger partial charge < -0.3 is 29.1 Å². The van der Waals surface area contributed by atoms with Gasteiger partial charge in [0.25, 0.3) is 0 Å². The summed E-state index contributed by atoms with van der Waals surface area (Å²) >= 11 is 0. The van der Waals surface area contributed by atoms with E-state index in [1.165, 1.54) is 85.1 Å². The monoisotopic (exact) mass is 1020 g/mol. The summed E-state index contributed by atoms with van der Waals surface area (Å²) in [7, 11) is 6.11. The molecule has 0 aliphatic carbocycles. The third kappa shape index (κ3) is 27.0. The molecule has 14 heteroatoms. The lowest BCUT2D eigenvalue weighted by atomic mass is 9.84. The molecule has 6 saturated heterocycles. The van der Waals surface area contributed by atoms with Crippen molar-refractivity contribution in [2.24, 2.45) is 10.8 Å². The molecule has 6 aliphatic rings. The molecule has 14 nitrogen and oxygen atoms in total. The molecule has 430 valence electrons. The third-order valence-electron chi connectivity index (χ3n) is 14.8. The molecule has 6 heterocycles. The lowest BCUT2D eigenvalue weighted by molar-refractivity contribution is -0.144. The minimum absolute atomic E-state index is 0. The minimum atomic E-state index is -0.253. The van der Waals surface area contributed by atoms with Crippen LogP contribution in [0.25, 0.3) is 0 Å². The highest BCUT2D eigenvalue weighted by atomic mass is 16.5. The number of morpholine rings is 2. The van der Waals surface area contributed by atoms with Crippen molar-refractivity contribution >= 4 is 11.8 Å². The van der Waals surface area contributed by atoms with E-state index in [2.05, 4.69) is 171 Å². The number of likely N-dealkylation sites (N-methyl/N-ethyl adjacent to an activating group) is 4. The van der Waals surface area contributed by atoms with Crippen molar-refractivity contribution in [3.05, 3.63) is 0 Å². The zero-order valence-electron chi connectivity index (χ0n) is 51.5. The second-order valence-corrected chi connectivity index (χ2v) is 27.3. The number of ether oxygens (including phenoxy) is 2. The van der Waals surface area contributed by atoms with Crippen LogP contribution in [0.4, 0.5) is 0 Å². The van der Waals surface area contributed by atoms with Gasteiger partial charge in [0.15, 0.2) is 0 Å². The Morgan fingerprint density at radius 2 is 0.847 bits per heavy atom. The van der Waals surface area contributed by atoms with Gasteiger partial charge in [0, 0.05) is 158 Å². The van der Waals surface area contributed by atoms with Crippen molar-refractivity contribution in [2.75, 3.05) is 172 Å². The normalized spacial score (nSPS) is 22.8. The summed E-state index contributed by atoms with van der Waals surface area (Å²) < 4.78 is 10.4. The van der Waals surface area contributed by atoms with Crippen LogP contribution < -0.4 is 0 Å². The van der Waals surface area contributed by atoms with Crippen molar-refractivity contribution in [3.8, 4) is 0 Å². The van der Waals surface area contributed by atoms with Gasteiger partial charge in [0.2, 0.25) is 11.8 Å². The molecule has 0 bridgehead atoms. The fraction of sp³-hybridized carbons (Fsp3) is 0.966. The van der Waals surface area contributed by atoms with Gasteiger partial charge in [-0.05, 0) is 123 Å². The molecule has 0 saturated carbocycles. The van der Waals surface area contributed by atoms with Crippen LogP contribution in [-0.2, 0) is 19.1 Å². The molecular formula is C58H124N10O4. The van der Waals surface area contributed by atoms with E-state index in [9.17, 15) is 9.59 Å². The molecule has 2 amide bonds. The van der Waals surface area contributed by atoms with E-state index in [4.69, 9.17) is 9.47 Å². The molecule has 1 unspecified atom stereocenters. The van der Waals surface area contributed by atoms with Crippen LogP contribution in [0, 0.1) is 10.8 Å². The van der Waals surface area contributed by atoms with Crippen molar-refractivity contribution < 1.29 is 19.1 Å². The highest BCUT2D eigenvalue weighted by molar-refractivity contribution is 5.83. The number of carbonyl (C=O) groups excluding carboxylic acids is 2. The van der Waals surface area contributed by atoms with Crippen molar-refractivity contribution in [1.29, 1.82) is 0 Å². The van der Waals surface area contributed by atoms with Crippen molar-refractivity contribution in [1.82, 2.24) is 49.0 Å². The van der Waals surface area contributed by atoms with Crippen LogP contribution in [0.3, 0.4) is 0 Å². The molecule has 6 fully saturated rings. The Kier molecular flexibility index (Phi) is 31.0. The number of hydrogen-bond acceptors (Lipinski definition) is 12. The average molecular weight is 1030 g/mol. The van der Waals surface area contributed by atoms with E-state index in [1.54, 1.807) is 0 Å². The number of piperazine rings is 4. The van der Waals surface area contributed by atoms with E-state index in [0.717, 1.165) is 52.5 Å². The van der Waals surface area contributed by atoms with E-state index < -0.39 is 0 Å². The van der Waals surface area contributed by atoms with E-state index >= 15 is 0 Å². The van der Waals surface area contributed by atoms with Crippen molar-refractivity contribution in [2.45, 2.75) is 187 Å². The molecule has 0 aromatic rings. The predicted molar refractivity (Wildman–Crippen MR) is 310 cm³/mol. The zero-order chi connectivity index (χ0) is 54.8. The fourth-order valence-corrected chi connectivity index (χ4v) is 9.57. The summed E-state index contributed by atoms with van der Waals surface area (Å²) in [6, 6.07) is 0.744. The van der Waals surface area contributed by atoms with Crippen LogP contribution in [0.5, 0.6) is 0 Å². The van der Waals surface area contributed by atoms with E-state index in [1.807, 2.05) is 44.7 Å². The largest absolute Gasteiger partial charge is 0.379 e. The second kappa shape index (κ2) is 31.7. The van der Waals surface area contributed by atoms with E-state index in [-0.39, 0.29) is 36.1 Å². The maximum absolute atomic E-state index is 11.9. The number of nitrogens with zero attached hydrogens (tertiary/aromatic N) is 10. The number of rotatable bonds is 2. The topological polar surface area (TPSA) is 85.0 Å². The first-order chi connectivity index (χ1) is 32.4. The Hall–Kier alpha value is -1.46. The molecule has 0 aromatic carbocycles. The van der Waals surface area contributed by atoms with Crippen LogP contribution >= 0.6 is 0 Å². The average Bonchev–Trinajstić information content (AvgIpc) is 3.27. The van der Waals surface area contributed by atoms with Gasteiger partial charge in [-0.3, -0.25) is 39.0 Å². The first-order valence-corrected chi connectivity index (χ1v) is 28.0. The number of carbonyl (C=O) groups is 2. The maximum Gasteiger partial charge on any atom is 0.240 e. The molecule has 0 aromatic heterocycles. The minimum Gasteiger partial charge on any atom is -0.379 e. The molecule has 0 spiro atoms. The number of hydrogen-bond donors (Lipinski definition) is 0. The van der Waals surface area contributed by atoms with Gasteiger partial charge >= 0.3 is 0 Å². The maximum atomic E-state index is 11.9. The van der Waals surface area contributed by atoms with Crippen LogP contribution in [0.15, 0.2) is 0 Å². The first kappa shape index (κ1) is 70.5. The highest BCUT2D eigenvalue weighted by Crippen LogP contribution is 2.27. The second-order valence-electron chi connectivity index (χ2n) is 27.3. The standard InChI is InChI=1S/C11H24N2.C10H20N2O.C10H22N2.C9H20N2.C9H17NO2.C8H17NO.CH4/c1-10(2)12-6-8-13(9-7-12)11(3,4)5;1-10(2,3)8-9(13)12(5)7-6-11(8)4;1-5-11-6-8-12(9-7-11)10(2,3)4;1-9(2,3)11-7-5-10(4)6-8-11;1-9(2,3)8(11)10-4-6-12-7-5-10;1-8(2,3)9-4-6-10-7-5-9;/h10H,6-9H2,1-5H3;8H,6-7H2,1-5H3;5-9H2,1-4H3;5-8H2,1-4H3;4-7H2,1-3H3;4-7H2,1-3H3;1H4. The van der Waals surface area contributed by atoms with Crippen LogP contribution in [0.1, 0.15) is 153 Å². The van der Waals surface area contributed by atoms with E-state index in [0.29, 0.717) is 41.4 Å². The summed E-state index contributed by atoms with van der Waals surface area (Å²) in [5.74, 6) is 0.479. The zero-order valence-corrected chi connectivity index (χ0v) is 51.5. The Balaban J connectivity index is 0.000000839. The first-order valence-electron chi connectivity index (χ1n) is 28.0. The Morgan fingerprint density at radius 1 is 0.500 bits per heavy atom. The van der Waals surface area contributed by atoms with Crippen LogP contribution in [0.2, 0.25) is 0 Å². The summed E-state index contributed by atoms with van der Waals surface area (Å²) in [6.07, 6.45) is 0. The number of amides is 2. The summed E-state index contributed by atoms with van der Waals surface area (Å²) in [5.41, 5.74) is 1.17. The van der Waals surface area contributed by atoms with Gasteiger partial charge in [-0.15, -0.1) is 0 Å². The quantitative estimate of drug-likeness (QED) is 0.272. The smallest absolute Gasteiger partial charge is 0.240 e. The van der Waals surface area contributed by atoms with Gasteiger partial charge in [0.1, 0.15) is 0 Å². The van der Waals surface area contributed by atoms with Gasteiger partial charge in [-0.1, -0.05) is 55.9 Å². The van der Waals surface area contributed by atoms with Gasteiger partial charge in [-0.2, -0.15) is 0 Å².